The Bertz CT molecular complexity index is 579. The first kappa shape index (κ1) is 9.73. The lowest BCUT2D eigenvalue weighted by molar-refractivity contribution is 0.461. The maximum atomic E-state index is 10.0. The molecule has 1 aliphatic carbocycles. The van der Waals surface area contributed by atoms with Crippen LogP contribution in [0.2, 0.25) is 0 Å². The van der Waals surface area contributed by atoms with Crippen LogP contribution in [0.5, 0.6) is 5.75 Å². The van der Waals surface area contributed by atoms with Crippen LogP contribution >= 0.6 is 0 Å². The zero-order valence-corrected chi connectivity index (χ0v) is 9.59. The summed E-state index contributed by atoms with van der Waals surface area (Å²) in [7, 11) is 0. The molecule has 0 amide bonds. The number of aryl methyl sites for hydroxylation is 2. The highest BCUT2D eigenvalue weighted by Crippen LogP contribution is 2.49. The number of aromatic amines is 1. The largest absolute Gasteiger partial charge is 0.508 e. The minimum absolute atomic E-state index is 0.303. The Labute approximate surface area is 94.3 Å². The van der Waals surface area contributed by atoms with Gasteiger partial charge in [0.25, 0.3) is 0 Å². The van der Waals surface area contributed by atoms with E-state index in [4.69, 9.17) is 5.73 Å². The van der Waals surface area contributed by atoms with E-state index in [2.05, 4.69) is 11.9 Å². The Kier molecular flexibility index (Phi) is 1.70. The van der Waals surface area contributed by atoms with E-state index in [1.807, 2.05) is 13.0 Å². The Morgan fingerprint density at radius 1 is 1.31 bits per heavy atom. The lowest BCUT2D eigenvalue weighted by Crippen LogP contribution is -2.19. The molecule has 0 atom stereocenters. The standard InChI is InChI=1S/C13H16N2O/c1-7-8(2)15-9-3-4-10(16)12(11(7)9)13(14)5-6-13/h3-4,15-16H,5-6,14H2,1-2H3. The van der Waals surface area contributed by atoms with E-state index in [9.17, 15) is 5.11 Å². The van der Waals surface area contributed by atoms with E-state index in [1.165, 1.54) is 5.56 Å². The number of rotatable bonds is 1. The lowest BCUT2D eigenvalue weighted by Gasteiger charge is -2.13. The number of phenols is 1. The second kappa shape index (κ2) is 2.80. The summed E-state index contributed by atoms with van der Waals surface area (Å²) < 4.78 is 0. The molecule has 1 aliphatic rings. The van der Waals surface area contributed by atoms with Crippen LogP contribution in [0.25, 0.3) is 10.9 Å². The van der Waals surface area contributed by atoms with Gasteiger partial charge in [-0.1, -0.05) is 0 Å². The van der Waals surface area contributed by atoms with E-state index >= 15 is 0 Å². The van der Waals surface area contributed by atoms with Crippen LogP contribution in [0.1, 0.15) is 29.7 Å². The van der Waals surface area contributed by atoms with Crippen LogP contribution in [-0.2, 0) is 5.54 Å². The normalized spacial score (nSPS) is 17.9. The highest BCUT2D eigenvalue weighted by atomic mass is 16.3. The molecule has 16 heavy (non-hydrogen) atoms. The van der Waals surface area contributed by atoms with Gasteiger partial charge in [0.2, 0.25) is 0 Å². The van der Waals surface area contributed by atoms with Crippen LogP contribution in [0.3, 0.4) is 0 Å². The number of aromatic nitrogens is 1. The third kappa shape index (κ3) is 1.12. The summed E-state index contributed by atoms with van der Waals surface area (Å²) in [4.78, 5) is 3.33. The molecule has 0 saturated heterocycles. The molecule has 84 valence electrons. The molecule has 0 spiro atoms. The van der Waals surface area contributed by atoms with Crippen molar-refractivity contribution in [3.8, 4) is 5.75 Å². The molecule has 0 radical (unpaired) electrons. The third-order valence-electron chi connectivity index (χ3n) is 3.73. The number of benzene rings is 1. The summed E-state index contributed by atoms with van der Waals surface area (Å²) in [6, 6.07) is 3.65. The van der Waals surface area contributed by atoms with Crippen molar-refractivity contribution in [1.82, 2.24) is 4.98 Å². The Hall–Kier alpha value is -1.48. The van der Waals surface area contributed by atoms with Gasteiger partial charge in [0.1, 0.15) is 5.75 Å². The molecule has 1 aromatic carbocycles. The predicted molar refractivity (Wildman–Crippen MR) is 64.5 cm³/mol. The van der Waals surface area contributed by atoms with E-state index in [0.29, 0.717) is 5.75 Å². The van der Waals surface area contributed by atoms with Crippen molar-refractivity contribution < 1.29 is 5.11 Å². The van der Waals surface area contributed by atoms with Crippen LogP contribution in [0.4, 0.5) is 0 Å². The van der Waals surface area contributed by atoms with Gasteiger partial charge in [-0.15, -0.1) is 0 Å². The van der Waals surface area contributed by atoms with Crippen molar-refractivity contribution in [2.45, 2.75) is 32.2 Å². The zero-order valence-electron chi connectivity index (χ0n) is 9.59. The summed E-state index contributed by atoms with van der Waals surface area (Å²) in [6.07, 6.45) is 1.92. The average Bonchev–Trinajstić information content (AvgIpc) is 2.91. The third-order valence-corrected chi connectivity index (χ3v) is 3.73. The monoisotopic (exact) mass is 216 g/mol. The summed E-state index contributed by atoms with van der Waals surface area (Å²) in [5.41, 5.74) is 10.3. The molecule has 4 N–H and O–H groups in total. The molecule has 3 heteroatoms. The molecule has 2 aromatic rings. The molecule has 1 aromatic heterocycles. The van der Waals surface area contributed by atoms with Crippen molar-refractivity contribution in [1.29, 1.82) is 0 Å². The minimum Gasteiger partial charge on any atom is -0.508 e. The number of fused-ring (bicyclic) bond motifs is 1. The second-order valence-electron chi connectivity index (χ2n) is 4.91. The van der Waals surface area contributed by atoms with Crippen molar-refractivity contribution in [2.75, 3.05) is 0 Å². The second-order valence-corrected chi connectivity index (χ2v) is 4.91. The summed E-state index contributed by atoms with van der Waals surface area (Å²) in [5.74, 6) is 0.328. The molecular weight excluding hydrogens is 200 g/mol. The summed E-state index contributed by atoms with van der Waals surface area (Å²) in [5, 5.41) is 11.1. The Morgan fingerprint density at radius 3 is 2.62 bits per heavy atom. The number of hydrogen-bond donors (Lipinski definition) is 3. The van der Waals surface area contributed by atoms with Crippen LogP contribution in [0, 0.1) is 13.8 Å². The Balaban J connectivity index is 2.44. The van der Waals surface area contributed by atoms with Gasteiger partial charge in [-0.25, -0.2) is 0 Å². The van der Waals surface area contributed by atoms with Crippen LogP contribution < -0.4 is 5.73 Å². The fraction of sp³-hybridized carbons (Fsp3) is 0.385. The molecule has 0 unspecified atom stereocenters. The number of H-pyrrole nitrogens is 1. The van der Waals surface area contributed by atoms with Gasteiger partial charge in [0.05, 0.1) is 0 Å². The van der Waals surface area contributed by atoms with Crippen molar-refractivity contribution in [2.24, 2.45) is 5.73 Å². The van der Waals surface area contributed by atoms with Gasteiger partial charge in [-0.2, -0.15) is 0 Å². The molecule has 3 nitrogen and oxygen atoms in total. The van der Waals surface area contributed by atoms with E-state index in [-0.39, 0.29) is 5.54 Å². The molecule has 0 bridgehead atoms. The van der Waals surface area contributed by atoms with Crippen molar-refractivity contribution >= 4 is 10.9 Å². The molecule has 1 fully saturated rings. The van der Waals surface area contributed by atoms with Crippen LogP contribution in [0.15, 0.2) is 12.1 Å². The SMILES string of the molecule is Cc1[nH]c2ccc(O)c(C3(N)CC3)c2c1C. The fourth-order valence-corrected chi connectivity index (χ4v) is 2.46. The maximum Gasteiger partial charge on any atom is 0.121 e. The smallest absolute Gasteiger partial charge is 0.121 e. The zero-order chi connectivity index (χ0) is 11.5. The van der Waals surface area contributed by atoms with E-state index in [1.54, 1.807) is 6.07 Å². The molecule has 3 rings (SSSR count). The number of nitrogens with one attached hydrogen (secondary N) is 1. The van der Waals surface area contributed by atoms with Gasteiger partial charge < -0.3 is 15.8 Å². The molecule has 1 heterocycles. The quantitative estimate of drug-likeness (QED) is 0.685. The van der Waals surface area contributed by atoms with Gasteiger partial charge in [-0.05, 0) is 44.4 Å². The van der Waals surface area contributed by atoms with Crippen LogP contribution in [-0.4, -0.2) is 10.1 Å². The fourth-order valence-electron chi connectivity index (χ4n) is 2.46. The number of hydrogen-bond acceptors (Lipinski definition) is 2. The molecular formula is C13H16N2O. The minimum atomic E-state index is -0.303. The molecule has 0 aliphatic heterocycles. The van der Waals surface area contributed by atoms with Gasteiger partial charge >= 0.3 is 0 Å². The highest BCUT2D eigenvalue weighted by Gasteiger charge is 2.43. The van der Waals surface area contributed by atoms with Crippen molar-refractivity contribution in [3.63, 3.8) is 0 Å². The number of aromatic hydroxyl groups is 1. The first-order chi connectivity index (χ1) is 7.53. The number of phenolic OH excluding ortho intramolecular Hbond substituents is 1. The van der Waals surface area contributed by atoms with E-state index in [0.717, 1.165) is 35.0 Å². The molecule has 1 saturated carbocycles. The maximum absolute atomic E-state index is 10.0. The first-order valence-electron chi connectivity index (χ1n) is 5.63. The summed E-state index contributed by atoms with van der Waals surface area (Å²) in [6.45, 7) is 4.12. The topological polar surface area (TPSA) is 62.0 Å². The predicted octanol–water partition coefficient (Wildman–Crippen LogP) is 2.44. The van der Waals surface area contributed by atoms with Gasteiger partial charge in [-0.3, -0.25) is 0 Å². The van der Waals surface area contributed by atoms with E-state index < -0.39 is 0 Å². The number of nitrogens with two attached hydrogens (primary N) is 1. The average molecular weight is 216 g/mol. The van der Waals surface area contributed by atoms with Gasteiger partial charge in [0, 0.05) is 27.7 Å². The highest BCUT2D eigenvalue weighted by molar-refractivity contribution is 5.91. The Morgan fingerprint density at radius 2 is 2.00 bits per heavy atom. The van der Waals surface area contributed by atoms with Gasteiger partial charge in [0.15, 0.2) is 0 Å². The lowest BCUT2D eigenvalue weighted by atomic mass is 9.97. The summed E-state index contributed by atoms with van der Waals surface area (Å²) >= 11 is 0. The van der Waals surface area contributed by atoms with Crippen molar-refractivity contribution in [3.05, 3.63) is 29.0 Å². The first-order valence-corrected chi connectivity index (χ1v) is 5.63.